The van der Waals surface area contributed by atoms with Crippen LogP contribution >= 0.6 is 11.6 Å². The SMILES string of the molecule is Fc1ccc(C2CCCCn3nc(NC4C5CC[C@H]4CN(c4cnnc(Cl)c4)C5)nc32)c(F)c1F. The van der Waals surface area contributed by atoms with Gasteiger partial charge in [-0.25, -0.2) is 17.9 Å². The van der Waals surface area contributed by atoms with Crippen LogP contribution in [0.4, 0.5) is 24.8 Å². The molecule has 2 fully saturated rings. The summed E-state index contributed by atoms with van der Waals surface area (Å²) in [5.74, 6) is -2.32. The van der Waals surface area contributed by atoms with Gasteiger partial charge in [0.25, 0.3) is 0 Å². The molecule has 184 valence electrons. The first kappa shape index (κ1) is 22.6. The van der Waals surface area contributed by atoms with Crippen LogP contribution in [-0.4, -0.2) is 44.1 Å². The first-order valence-corrected chi connectivity index (χ1v) is 12.4. The van der Waals surface area contributed by atoms with Crippen LogP contribution < -0.4 is 10.2 Å². The molecule has 2 aliphatic heterocycles. The zero-order chi connectivity index (χ0) is 24.1. The third kappa shape index (κ3) is 4.11. The number of nitrogens with one attached hydrogen (secondary N) is 1. The molecule has 6 rings (SSSR count). The van der Waals surface area contributed by atoms with E-state index in [0.29, 0.717) is 41.7 Å². The Labute approximate surface area is 205 Å². The molecule has 0 amide bonds. The van der Waals surface area contributed by atoms with E-state index >= 15 is 0 Å². The van der Waals surface area contributed by atoms with E-state index in [-0.39, 0.29) is 11.6 Å². The molecule has 11 heteroatoms. The van der Waals surface area contributed by atoms with Gasteiger partial charge in [-0.2, -0.15) is 10.1 Å². The monoisotopic (exact) mass is 503 g/mol. The van der Waals surface area contributed by atoms with E-state index in [2.05, 4.69) is 20.4 Å². The highest BCUT2D eigenvalue weighted by Crippen LogP contribution is 2.41. The van der Waals surface area contributed by atoms with Crippen molar-refractivity contribution in [1.82, 2.24) is 25.0 Å². The smallest absolute Gasteiger partial charge is 0.242 e. The van der Waals surface area contributed by atoms with Crippen molar-refractivity contribution in [2.24, 2.45) is 11.8 Å². The number of benzene rings is 1. The number of hydrogen-bond acceptors (Lipinski definition) is 6. The summed E-state index contributed by atoms with van der Waals surface area (Å²) in [6.45, 7) is 2.39. The topological polar surface area (TPSA) is 71.8 Å². The van der Waals surface area contributed by atoms with Crippen molar-refractivity contribution in [3.05, 3.63) is 58.4 Å². The molecule has 1 N–H and O–H groups in total. The molecule has 3 aliphatic rings. The van der Waals surface area contributed by atoms with Crippen LogP contribution in [0.5, 0.6) is 0 Å². The molecule has 1 saturated carbocycles. The van der Waals surface area contributed by atoms with E-state index in [1.165, 1.54) is 6.07 Å². The van der Waals surface area contributed by atoms with Crippen molar-refractivity contribution in [2.75, 3.05) is 23.3 Å². The summed E-state index contributed by atoms with van der Waals surface area (Å²) in [6.07, 6.45) is 6.23. The molecule has 35 heavy (non-hydrogen) atoms. The Morgan fingerprint density at radius 3 is 2.57 bits per heavy atom. The molecule has 0 radical (unpaired) electrons. The van der Waals surface area contributed by atoms with E-state index in [1.54, 1.807) is 10.9 Å². The Morgan fingerprint density at radius 1 is 1.00 bits per heavy atom. The lowest BCUT2D eigenvalue weighted by atomic mass is 9.92. The number of fused-ring (bicyclic) bond motifs is 3. The van der Waals surface area contributed by atoms with Crippen LogP contribution in [0.2, 0.25) is 5.15 Å². The molecule has 3 aromatic rings. The number of aromatic nitrogens is 5. The minimum absolute atomic E-state index is 0.129. The lowest BCUT2D eigenvalue weighted by Gasteiger charge is -2.39. The lowest BCUT2D eigenvalue weighted by molar-refractivity contribution is 0.376. The Balaban J connectivity index is 1.24. The van der Waals surface area contributed by atoms with E-state index in [0.717, 1.165) is 50.5 Å². The summed E-state index contributed by atoms with van der Waals surface area (Å²) < 4.78 is 44.0. The zero-order valence-corrected chi connectivity index (χ0v) is 19.7. The van der Waals surface area contributed by atoms with Gasteiger partial charge in [-0.3, -0.25) is 0 Å². The van der Waals surface area contributed by atoms with E-state index < -0.39 is 23.4 Å². The summed E-state index contributed by atoms with van der Waals surface area (Å²) in [6, 6.07) is 4.37. The fraction of sp³-hybridized carbons (Fsp3) is 0.500. The summed E-state index contributed by atoms with van der Waals surface area (Å²) in [4.78, 5) is 7.05. The van der Waals surface area contributed by atoms with E-state index in [1.807, 2.05) is 6.07 Å². The highest BCUT2D eigenvalue weighted by Gasteiger charge is 2.43. The highest BCUT2D eigenvalue weighted by atomic mass is 35.5. The molecule has 1 aliphatic carbocycles. The normalized spacial score (nSPS) is 25.9. The molecule has 4 heterocycles. The second-order valence-corrected chi connectivity index (χ2v) is 10.1. The predicted molar refractivity (Wildman–Crippen MR) is 125 cm³/mol. The van der Waals surface area contributed by atoms with Gasteiger partial charge < -0.3 is 10.2 Å². The Morgan fingerprint density at radius 2 is 1.80 bits per heavy atom. The van der Waals surface area contributed by atoms with Gasteiger partial charge >= 0.3 is 0 Å². The average Bonchev–Trinajstić information content (AvgIpc) is 3.25. The van der Waals surface area contributed by atoms with Gasteiger partial charge in [0.05, 0.1) is 11.9 Å². The van der Waals surface area contributed by atoms with Crippen LogP contribution in [0, 0.1) is 29.3 Å². The molecule has 2 bridgehead atoms. The van der Waals surface area contributed by atoms with Crippen molar-refractivity contribution in [1.29, 1.82) is 0 Å². The molecular formula is C24H25ClF3N7. The zero-order valence-electron chi connectivity index (χ0n) is 19.0. The van der Waals surface area contributed by atoms with Gasteiger partial charge in [-0.05, 0) is 43.6 Å². The van der Waals surface area contributed by atoms with Crippen LogP contribution in [0.3, 0.4) is 0 Å². The Kier molecular flexibility index (Phi) is 5.78. The molecule has 7 nitrogen and oxygen atoms in total. The van der Waals surface area contributed by atoms with Gasteiger partial charge in [-0.15, -0.1) is 10.2 Å². The lowest BCUT2D eigenvalue weighted by Crippen LogP contribution is -2.48. The van der Waals surface area contributed by atoms with Crippen molar-refractivity contribution in [3.8, 4) is 0 Å². The van der Waals surface area contributed by atoms with Crippen LogP contribution in [0.1, 0.15) is 49.4 Å². The van der Waals surface area contributed by atoms with Crippen LogP contribution in [0.25, 0.3) is 0 Å². The molecule has 4 atom stereocenters. The number of halogens is 4. The van der Waals surface area contributed by atoms with Crippen molar-refractivity contribution in [3.63, 3.8) is 0 Å². The molecule has 0 spiro atoms. The molecule has 3 unspecified atom stereocenters. The largest absolute Gasteiger partial charge is 0.369 e. The summed E-state index contributed by atoms with van der Waals surface area (Å²) in [5, 5.41) is 16.4. The number of anilines is 2. The maximum Gasteiger partial charge on any atom is 0.242 e. The minimum Gasteiger partial charge on any atom is -0.369 e. The number of rotatable bonds is 4. The van der Waals surface area contributed by atoms with Gasteiger partial charge in [-0.1, -0.05) is 24.1 Å². The fourth-order valence-electron chi connectivity index (χ4n) is 6.00. The number of piperidine rings is 1. The number of aryl methyl sites for hydroxylation is 1. The van der Waals surface area contributed by atoms with Crippen molar-refractivity contribution >= 4 is 23.2 Å². The van der Waals surface area contributed by atoms with Gasteiger partial charge in [0.2, 0.25) is 5.95 Å². The Hall–Kier alpha value is -2.88. The quantitative estimate of drug-likeness (QED) is 0.517. The first-order valence-electron chi connectivity index (χ1n) is 12.1. The predicted octanol–water partition coefficient (Wildman–Crippen LogP) is 4.78. The third-order valence-electron chi connectivity index (χ3n) is 7.67. The summed E-state index contributed by atoms with van der Waals surface area (Å²) in [5.41, 5.74) is 1.10. The average molecular weight is 504 g/mol. The van der Waals surface area contributed by atoms with Gasteiger partial charge in [0.1, 0.15) is 5.82 Å². The summed E-state index contributed by atoms with van der Waals surface area (Å²) in [7, 11) is 0. The maximum atomic E-state index is 14.7. The molecule has 1 aromatic carbocycles. The fourth-order valence-corrected chi connectivity index (χ4v) is 6.16. The summed E-state index contributed by atoms with van der Waals surface area (Å²) >= 11 is 6.04. The van der Waals surface area contributed by atoms with Crippen LogP contribution in [0.15, 0.2) is 24.4 Å². The van der Waals surface area contributed by atoms with Gasteiger partial charge in [0.15, 0.2) is 22.6 Å². The van der Waals surface area contributed by atoms with Crippen molar-refractivity contribution in [2.45, 2.75) is 50.6 Å². The second-order valence-electron chi connectivity index (χ2n) is 9.74. The highest BCUT2D eigenvalue weighted by molar-refractivity contribution is 6.29. The second kappa shape index (κ2) is 8.96. The van der Waals surface area contributed by atoms with E-state index in [9.17, 15) is 13.2 Å². The number of nitrogens with zero attached hydrogens (tertiary/aromatic N) is 6. The maximum absolute atomic E-state index is 14.7. The van der Waals surface area contributed by atoms with Gasteiger partial charge in [0, 0.05) is 43.2 Å². The minimum atomic E-state index is -1.44. The standard InChI is InChI=1S/C24H25ClF3N7/c25-19-9-15(10-29-32-19)34-11-13-4-5-14(12-34)22(13)30-24-31-23-17(3-1-2-8-35(23)33-24)16-6-7-18(26)21(28)20(16)27/h6-7,9-10,13-14,17,22H,1-5,8,11-12H2,(H,30,33)/t13-,14?,17?,22?/m0/s1. The third-order valence-corrected chi connectivity index (χ3v) is 7.85. The Bertz CT molecular complexity index is 1240. The number of hydrogen-bond donors (Lipinski definition) is 1. The van der Waals surface area contributed by atoms with Crippen LogP contribution in [-0.2, 0) is 6.54 Å². The first-order chi connectivity index (χ1) is 17.0. The van der Waals surface area contributed by atoms with E-state index in [4.69, 9.17) is 21.7 Å². The molecule has 1 saturated heterocycles. The molecular weight excluding hydrogens is 479 g/mol. The molecule has 2 aromatic heterocycles. The van der Waals surface area contributed by atoms with Crippen molar-refractivity contribution < 1.29 is 13.2 Å².